The predicted octanol–water partition coefficient (Wildman–Crippen LogP) is 7.57. The predicted molar refractivity (Wildman–Crippen MR) is 156 cm³/mol. The summed E-state index contributed by atoms with van der Waals surface area (Å²) in [6.07, 6.45) is 1.09. The van der Waals surface area contributed by atoms with Gasteiger partial charge in [0.05, 0.1) is 15.8 Å². The van der Waals surface area contributed by atoms with Crippen molar-refractivity contribution in [3.63, 3.8) is 0 Å². The summed E-state index contributed by atoms with van der Waals surface area (Å²) in [6, 6.07) is 18.4. The Bertz CT molecular complexity index is 1230. The third-order valence-electron chi connectivity index (χ3n) is 6.14. The largest absolute Gasteiger partial charge is 0.352 e. The molecule has 1 N–H and O–H groups in total. The average molecular weight is 596 g/mol. The lowest BCUT2D eigenvalue weighted by Gasteiger charge is -2.32. The molecule has 2 amide bonds. The van der Waals surface area contributed by atoms with Gasteiger partial charge in [-0.3, -0.25) is 9.59 Å². The first-order valence-corrected chi connectivity index (χ1v) is 14.6. The first-order valence-electron chi connectivity index (χ1n) is 12.3. The molecular weight excluding hydrogens is 566 g/mol. The van der Waals surface area contributed by atoms with E-state index in [1.54, 1.807) is 35.2 Å². The van der Waals surface area contributed by atoms with E-state index in [0.29, 0.717) is 27.1 Å². The zero-order valence-electron chi connectivity index (χ0n) is 21.2. The van der Waals surface area contributed by atoms with E-state index in [4.69, 9.17) is 34.8 Å². The molecule has 0 aliphatic carbocycles. The van der Waals surface area contributed by atoms with Crippen LogP contribution < -0.4 is 5.32 Å². The van der Waals surface area contributed by atoms with E-state index < -0.39 is 11.9 Å². The Morgan fingerprint density at radius 3 is 2.34 bits per heavy atom. The summed E-state index contributed by atoms with van der Waals surface area (Å²) in [5.74, 6) is -0.652. The Hall–Kier alpha value is -2.25. The van der Waals surface area contributed by atoms with Crippen LogP contribution in [0, 0.1) is 5.82 Å². The highest BCUT2D eigenvalue weighted by Gasteiger charge is 2.31. The quantitative estimate of drug-likeness (QED) is 0.235. The van der Waals surface area contributed by atoms with Gasteiger partial charge >= 0.3 is 0 Å². The molecule has 0 radical (unpaired) electrons. The van der Waals surface area contributed by atoms with E-state index in [1.165, 1.54) is 17.8 Å². The van der Waals surface area contributed by atoms with Crippen LogP contribution in [0.2, 0.25) is 15.1 Å². The van der Waals surface area contributed by atoms with Gasteiger partial charge in [-0.15, -0.1) is 11.8 Å². The highest BCUT2D eigenvalue weighted by molar-refractivity contribution is 7.99. The van der Waals surface area contributed by atoms with Crippen LogP contribution in [0.4, 0.5) is 4.39 Å². The van der Waals surface area contributed by atoms with Crippen molar-refractivity contribution in [2.45, 2.75) is 51.1 Å². The molecule has 0 heterocycles. The molecule has 202 valence electrons. The lowest BCUT2D eigenvalue weighted by molar-refractivity contribution is -0.139. The summed E-state index contributed by atoms with van der Waals surface area (Å²) < 4.78 is 14.3. The minimum atomic E-state index is -0.772. The van der Waals surface area contributed by atoms with Crippen LogP contribution in [-0.2, 0) is 28.3 Å². The summed E-state index contributed by atoms with van der Waals surface area (Å²) in [7, 11) is 0. The number of thioether (sulfide) groups is 1. The molecule has 3 aromatic carbocycles. The molecule has 0 aliphatic rings. The molecule has 2 atom stereocenters. The second kappa shape index (κ2) is 14.8. The molecule has 0 bridgehead atoms. The molecule has 0 fully saturated rings. The van der Waals surface area contributed by atoms with Gasteiger partial charge in [-0.05, 0) is 48.7 Å². The number of halogens is 4. The van der Waals surface area contributed by atoms with E-state index in [0.717, 1.165) is 17.5 Å². The van der Waals surface area contributed by atoms with Crippen LogP contribution >= 0.6 is 46.6 Å². The van der Waals surface area contributed by atoms with Gasteiger partial charge in [0.2, 0.25) is 11.8 Å². The second-order valence-corrected chi connectivity index (χ2v) is 11.2. The molecule has 0 aliphatic heterocycles. The number of amides is 2. The number of benzene rings is 3. The molecule has 4 nitrogen and oxygen atoms in total. The normalized spacial score (nSPS) is 12.6. The topological polar surface area (TPSA) is 49.4 Å². The molecule has 0 spiro atoms. The third kappa shape index (κ3) is 8.63. The summed E-state index contributed by atoms with van der Waals surface area (Å²) in [5.41, 5.74) is 2.01. The molecule has 0 aromatic heterocycles. The highest BCUT2D eigenvalue weighted by atomic mass is 35.5. The standard InChI is InChI=1S/C29H30Cl3FN2O2S/c1-3-19(2)34-29(37)27(15-20-8-5-4-6-9-20)35(16-21-12-13-24(31)25(32)14-21)28(36)18-38-17-22-23(30)10-7-11-26(22)33/h4-14,19,27H,3,15-18H2,1-2H3,(H,34,37)/t19-,27+/m0/s1. The maximum atomic E-state index is 14.3. The van der Waals surface area contributed by atoms with Crippen molar-refractivity contribution in [2.75, 3.05) is 5.75 Å². The number of nitrogens with zero attached hydrogens (tertiary/aromatic N) is 1. The molecule has 3 rings (SSSR count). The van der Waals surface area contributed by atoms with Crippen LogP contribution in [0.15, 0.2) is 66.7 Å². The van der Waals surface area contributed by atoms with Gasteiger partial charge in [-0.1, -0.05) is 84.2 Å². The van der Waals surface area contributed by atoms with E-state index in [9.17, 15) is 14.0 Å². The van der Waals surface area contributed by atoms with Crippen LogP contribution in [-0.4, -0.2) is 34.6 Å². The van der Waals surface area contributed by atoms with Gasteiger partial charge in [-0.2, -0.15) is 0 Å². The maximum absolute atomic E-state index is 14.3. The van der Waals surface area contributed by atoms with Gasteiger partial charge in [0.25, 0.3) is 0 Å². The van der Waals surface area contributed by atoms with Crippen molar-refractivity contribution < 1.29 is 14.0 Å². The maximum Gasteiger partial charge on any atom is 0.243 e. The van der Waals surface area contributed by atoms with Crippen molar-refractivity contribution in [3.8, 4) is 0 Å². The van der Waals surface area contributed by atoms with Gasteiger partial charge in [0.15, 0.2) is 0 Å². The van der Waals surface area contributed by atoms with Gasteiger partial charge in [0, 0.05) is 35.3 Å². The van der Waals surface area contributed by atoms with Crippen molar-refractivity contribution in [1.29, 1.82) is 0 Å². The summed E-state index contributed by atoms with van der Waals surface area (Å²) in [5, 5.41) is 4.12. The van der Waals surface area contributed by atoms with E-state index in [1.807, 2.05) is 44.2 Å². The molecule has 0 saturated heterocycles. The first-order chi connectivity index (χ1) is 18.2. The SMILES string of the molecule is CC[C@H](C)NC(=O)[C@@H](Cc1ccccc1)N(Cc1ccc(Cl)c(Cl)c1)C(=O)CSCc1c(F)cccc1Cl. The molecule has 9 heteroatoms. The number of carbonyl (C=O) groups is 2. The van der Waals surface area contributed by atoms with Crippen molar-refractivity contribution >= 4 is 58.4 Å². The van der Waals surface area contributed by atoms with Crippen LogP contribution in [0.1, 0.15) is 37.0 Å². The van der Waals surface area contributed by atoms with Crippen LogP contribution in [0.3, 0.4) is 0 Å². The van der Waals surface area contributed by atoms with Crippen molar-refractivity contribution in [2.24, 2.45) is 0 Å². The molecular formula is C29H30Cl3FN2O2S. The Balaban J connectivity index is 1.90. The minimum absolute atomic E-state index is 0.0356. The Kier molecular flexibility index (Phi) is 11.8. The third-order valence-corrected chi connectivity index (χ3v) is 8.18. The number of rotatable bonds is 12. The number of hydrogen-bond acceptors (Lipinski definition) is 3. The number of nitrogens with one attached hydrogen (secondary N) is 1. The highest BCUT2D eigenvalue weighted by Crippen LogP contribution is 2.26. The van der Waals surface area contributed by atoms with Gasteiger partial charge < -0.3 is 10.2 Å². The van der Waals surface area contributed by atoms with Gasteiger partial charge in [0.1, 0.15) is 11.9 Å². The first kappa shape index (κ1) is 30.3. The fourth-order valence-corrected chi connectivity index (χ4v) is 5.39. The zero-order chi connectivity index (χ0) is 27.7. The molecule has 0 unspecified atom stereocenters. The Labute approximate surface area is 242 Å². The monoisotopic (exact) mass is 594 g/mol. The summed E-state index contributed by atoms with van der Waals surface area (Å²) >= 11 is 19.8. The van der Waals surface area contributed by atoms with Crippen molar-refractivity contribution in [1.82, 2.24) is 10.2 Å². The summed E-state index contributed by atoms with van der Waals surface area (Å²) in [4.78, 5) is 28.8. The number of hydrogen-bond donors (Lipinski definition) is 1. The zero-order valence-corrected chi connectivity index (χ0v) is 24.3. The van der Waals surface area contributed by atoms with E-state index >= 15 is 0 Å². The lowest BCUT2D eigenvalue weighted by atomic mass is 10.0. The summed E-state index contributed by atoms with van der Waals surface area (Å²) in [6.45, 7) is 4.07. The molecule has 38 heavy (non-hydrogen) atoms. The van der Waals surface area contributed by atoms with E-state index in [-0.39, 0.29) is 35.9 Å². The Morgan fingerprint density at radius 1 is 0.947 bits per heavy atom. The Morgan fingerprint density at radius 2 is 1.68 bits per heavy atom. The fourth-order valence-electron chi connectivity index (χ4n) is 3.82. The van der Waals surface area contributed by atoms with Crippen LogP contribution in [0.5, 0.6) is 0 Å². The minimum Gasteiger partial charge on any atom is -0.352 e. The fraction of sp³-hybridized carbons (Fsp3) is 0.310. The van der Waals surface area contributed by atoms with Gasteiger partial charge in [-0.25, -0.2) is 4.39 Å². The van der Waals surface area contributed by atoms with Crippen LogP contribution in [0.25, 0.3) is 0 Å². The molecule has 3 aromatic rings. The van der Waals surface area contributed by atoms with Crippen molar-refractivity contribution in [3.05, 3.63) is 104 Å². The number of carbonyl (C=O) groups excluding carboxylic acids is 2. The lowest BCUT2D eigenvalue weighted by Crippen LogP contribution is -2.52. The average Bonchev–Trinajstić information content (AvgIpc) is 2.90. The smallest absolute Gasteiger partial charge is 0.243 e. The van der Waals surface area contributed by atoms with E-state index in [2.05, 4.69) is 5.32 Å². The molecule has 0 saturated carbocycles. The second-order valence-electron chi connectivity index (χ2n) is 8.99.